The number of anilines is 2. The van der Waals surface area contributed by atoms with E-state index in [1.54, 1.807) is 0 Å². The highest BCUT2D eigenvalue weighted by Crippen LogP contribution is 2.39. The second kappa shape index (κ2) is 9.91. The van der Waals surface area contributed by atoms with E-state index >= 15 is 0 Å². The maximum absolute atomic E-state index is 8.38. The number of aryl methyl sites for hydroxylation is 1. The highest BCUT2D eigenvalue weighted by molar-refractivity contribution is 6.16. The normalized spacial score (nSPS) is 15.9. The number of aromatic nitrogens is 2. The number of hydrogen-bond donors (Lipinski definition) is 3. The van der Waals surface area contributed by atoms with Gasteiger partial charge in [0, 0.05) is 29.4 Å². The minimum atomic E-state index is 0.129. The van der Waals surface area contributed by atoms with Crippen LogP contribution in [0.3, 0.4) is 0 Å². The molecule has 0 atom stereocenters. The standard InChI is InChI=1S/C27H32N6/c1-4-5-14-23(28)25-26(29)31-17-32-27(25)30-16-22-15-20-11-9-10-18(2)24(20)19(3)33(22)21-12-7-6-8-13-21/h9-11,15,17,21,28H,3-4,6-8,12-13,16H2,1-2H3,(H3,29,30,31,32). The number of nitrogens with zero attached hydrogens (tertiary/aromatic N) is 3. The zero-order valence-electron chi connectivity index (χ0n) is 19.5. The Bertz CT molecular complexity index is 1160. The van der Waals surface area contributed by atoms with Crippen LogP contribution in [0.2, 0.25) is 0 Å². The van der Waals surface area contributed by atoms with Crippen molar-refractivity contribution in [2.24, 2.45) is 0 Å². The van der Waals surface area contributed by atoms with Crippen molar-refractivity contribution in [2.45, 2.75) is 58.4 Å². The lowest BCUT2D eigenvalue weighted by Crippen LogP contribution is -2.38. The molecule has 2 aromatic rings. The molecule has 33 heavy (non-hydrogen) atoms. The number of hydrogen-bond acceptors (Lipinski definition) is 6. The Labute approximate surface area is 196 Å². The SMILES string of the molecule is C=C1c2c(C)cccc2C=C(CNc2ncnc(N)c2C(=N)C#CCC)N1C1CCCCC1. The Hall–Kier alpha value is -3.59. The summed E-state index contributed by atoms with van der Waals surface area (Å²) in [7, 11) is 0. The van der Waals surface area contributed by atoms with Crippen LogP contribution in [0.5, 0.6) is 0 Å². The van der Waals surface area contributed by atoms with Gasteiger partial charge in [-0.15, -0.1) is 0 Å². The Morgan fingerprint density at radius 1 is 1.27 bits per heavy atom. The first-order chi connectivity index (χ1) is 16.0. The monoisotopic (exact) mass is 440 g/mol. The van der Waals surface area contributed by atoms with Crippen LogP contribution >= 0.6 is 0 Å². The molecular formula is C27H32N6. The summed E-state index contributed by atoms with van der Waals surface area (Å²) < 4.78 is 0. The second-order valence-electron chi connectivity index (χ2n) is 8.65. The van der Waals surface area contributed by atoms with Crippen molar-refractivity contribution in [1.82, 2.24) is 14.9 Å². The molecule has 2 heterocycles. The van der Waals surface area contributed by atoms with E-state index in [2.05, 4.69) is 69.8 Å². The molecular weight excluding hydrogens is 408 g/mol. The van der Waals surface area contributed by atoms with E-state index in [-0.39, 0.29) is 11.5 Å². The van der Waals surface area contributed by atoms with Crippen molar-refractivity contribution in [2.75, 3.05) is 17.6 Å². The van der Waals surface area contributed by atoms with Gasteiger partial charge in [-0.1, -0.05) is 56.9 Å². The number of nitrogen functional groups attached to an aromatic ring is 1. The fourth-order valence-electron chi connectivity index (χ4n) is 4.87. The molecule has 0 amide bonds. The summed E-state index contributed by atoms with van der Waals surface area (Å²) >= 11 is 0. The molecule has 1 aromatic carbocycles. The van der Waals surface area contributed by atoms with E-state index in [1.807, 2.05) is 6.92 Å². The van der Waals surface area contributed by atoms with Crippen molar-refractivity contribution in [1.29, 1.82) is 5.41 Å². The van der Waals surface area contributed by atoms with Gasteiger partial charge in [-0.3, -0.25) is 5.41 Å². The lowest BCUT2D eigenvalue weighted by Gasteiger charge is -2.42. The first kappa shape index (κ1) is 22.6. The van der Waals surface area contributed by atoms with Crippen LogP contribution in [0.1, 0.15) is 67.7 Å². The van der Waals surface area contributed by atoms with Crippen LogP contribution in [0.4, 0.5) is 11.6 Å². The van der Waals surface area contributed by atoms with Gasteiger partial charge in [0.1, 0.15) is 23.7 Å². The Kier molecular flexibility index (Phi) is 6.79. The minimum absolute atomic E-state index is 0.129. The summed E-state index contributed by atoms with van der Waals surface area (Å²) in [4.78, 5) is 10.9. The molecule has 0 bridgehead atoms. The third kappa shape index (κ3) is 4.63. The Morgan fingerprint density at radius 3 is 2.82 bits per heavy atom. The fourth-order valence-corrected chi connectivity index (χ4v) is 4.87. The van der Waals surface area contributed by atoms with Gasteiger partial charge in [-0.05, 0) is 42.9 Å². The highest BCUT2D eigenvalue weighted by atomic mass is 15.2. The van der Waals surface area contributed by atoms with Gasteiger partial charge in [-0.25, -0.2) is 9.97 Å². The molecule has 1 aliphatic heterocycles. The largest absolute Gasteiger partial charge is 0.383 e. The molecule has 0 radical (unpaired) electrons. The van der Waals surface area contributed by atoms with Crippen molar-refractivity contribution in [3.05, 3.63) is 59.1 Å². The molecule has 6 heteroatoms. The zero-order valence-corrected chi connectivity index (χ0v) is 19.5. The lowest BCUT2D eigenvalue weighted by atomic mass is 9.88. The van der Waals surface area contributed by atoms with Crippen molar-refractivity contribution in [3.63, 3.8) is 0 Å². The molecule has 1 saturated carbocycles. The van der Waals surface area contributed by atoms with Gasteiger partial charge in [0.25, 0.3) is 0 Å². The lowest BCUT2D eigenvalue weighted by molar-refractivity contribution is 0.272. The zero-order chi connectivity index (χ0) is 23.4. The van der Waals surface area contributed by atoms with Crippen LogP contribution in [-0.4, -0.2) is 33.2 Å². The van der Waals surface area contributed by atoms with Crippen LogP contribution in [-0.2, 0) is 0 Å². The first-order valence-electron chi connectivity index (χ1n) is 11.7. The maximum atomic E-state index is 8.38. The summed E-state index contributed by atoms with van der Waals surface area (Å²) in [6, 6.07) is 6.83. The van der Waals surface area contributed by atoms with Crippen LogP contribution in [0, 0.1) is 24.2 Å². The van der Waals surface area contributed by atoms with E-state index in [0.717, 1.165) is 11.4 Å². The molecule has 0 saturated heterocycles. The predicted octanol–water partition coefficient (Wildman–Crippen LogP) is 5.22. The Balaban J connectivity index is 1.68. The number of nitrogens with one attached hydrogen (secondary N) is 2. The predicted molar refractivity (Wildman–Crippen MR) is 137 cm³/mol. The van der Waals surface area contributed by atoms with Crippen LogP contribution in [0.25, 0.3) is 11.8 Å². The van der Waals surface area contributed by atoms with Gasteiger partial charge in [0.05, 0.1) is 12.1 Å². The topological polar surface area (TPSA) is 90.9 Å². The molecule has 0 unspecified atom stereocenters. The van der Waals surface area contributed by atoms with E-state index in [9.17, 15) is 0 Å². The van der Waals surface area contributed by atoms with E-state index in [4.69, 9.17) is 11.1 Å². The molecule has 4 rings (SSSR count). The van der Waals surface area contributed by atoms with Gasteiger partial charge in [0.2, 0.25) is 0 Å². The molecule has 170 valence electrons. The van der Waals surface area contributed by atoms with Crippen molar-refractivity contribution >= 4 is 29.1 Å². The third-order valence-corrected chi connectivity index (χ3v) is 6.41. The van der Waals surface area contributed by atoms with Gasteiger partial charge >= 0.3 is 0 Å². The van der Waals surface area contributed by atoms with Gasteiger partial charge in [-0.2, -0.15) is 0 Å². The molecule has 4 N–H and O–H groups in total. The quantitative estimate of drug-likeness (QED) is 0.438. The average molecular weight is 441 g/mol. The third-order valence-electron chi connectivity index (χ3n) is 6.41. The molecule has 2 aliphatic rings. The van der Waals surface area contributed by atoms with E-state index in [0.29, 0.717) is 30.4 Å². The average Bonchev–Trinajstić information content (AvgIpc) is 2.81. The van der Waals surface area contributed by atoms with E-state index in [1.165, 1.54) is 55.1 Å². The molecule has 0 spiro atoms. The first-order valence-corrected chi connectivity index (χ1v) is 11.7. The highest BCUT2D eigenvalue weighted by Gasteiger charge is 2.30. The fraction of sp³-hybridized carbons (Fsp3) is 0.370. The molecule has 1 aliphatic carbocycles. The smallest absolute Gasteiger partial charge is 0.142 e. The Morgan fingerprint density at radius 2 is 2.06 bits per heavy atom. The summed E-state index contributed by atoms with van der Waals surface area (Å²) in [6.07, 6.45) is 10.5. The number of benzene rings is 1. The number of rotatable bonds is 5. The number of fused-ring (bicyclic) bond motifs is 1. The van der Waals surface area contributed by atoms with E-state index < -0.39 is 0 Å². The summed E-state index contributed by atoms with van der Waals surface area (Å²) in [5.41, 5.74) is 12.6. The summed E-state index contributed by atoms with van der Waals surface area (Å²) in [5, 5.41) is 11.8. The minimum Gasteiger partial charge on any atom is -0.383 e. The number of nitrogens with two attached hydrogens (primary N) is 1. The summed E-state index contributed by atoms with van der Waals surface area (Å²) in [5.74, 6) is 6.57. The van der Waals surface area contributed by atoms with Crippen molar-refractivity contribution < 1.29 is 0 Å². The van der Waals surface area contributed by atoms with Crippen molar-refractivity contribution in [3.8, 4) is 11.8 Å². The van der Waals surface area contributed by atoms with Crippen LogP contribution < -0.4 is 11.1 Å². The molecule has 1 fully saturated rings. The van der Waals surface area contributed by atoms with Crippen LogP contribution in [0.15, 0.2) is 36.8 Å². The molecule has 6 nitrogen and oxygen atoms in total. The second-order valence-corrected chi connectivity index (χ2v) is 8.65. The summed E-state index contributed by atoms with van der Waals surface area (Å²) in [6.45, 7) is 9.18. The van der Waals surface area contributed by atoms with Gasteiger partial charge < -0.3 is 16.0 Å². The molecule has 1 aromatic heterocycles. The van der Waals surface area contributed by atoms with Gasteiger partial charge in [0.15, 0.2) is 0 Å². The maximum Gasteiger partial charge on any atom is 0.142 e.